The summed E-state index contributed by atoms with van der Waals surface area (Å²) in [6, 6.07) is 11.9. The van der Waals surface area contributed by atoms with E-state index in [1.807, 2.05) is 0 Å². The van der Waals surface area contributed by atoms with Crippen LogP contribution in [0.4, 0.5) is 14.5 Å². The lowest BCUT2D eigenvalue weighted by atomic mass is 10.3. The third kappa shape index (κ3) is 6.03. The molecular formula is C20H22F2N3O2S+. The minimum atomic E-state index is -0.393. The molecule has 8 heteroatoms. The molecule has 2 N–H and O–H groups in total. The van der Waals surface area contributed by atoms with Gasteiger partial charge in [-0.2, -0.15) is 0 Å². The Morgan fingerprint density at radius 3 is 2.43 bits per heavy atom. The Kier molecular flexibility index (Phi) is 7.00. The second-order valence-corrected chi connectivity index (χ2v) is 7.66. The minimum Gasteiger partial charge on any atom is -0.331 e. The smallest absolute Gasteiger partial charge is 0.279 e. The van der Waals surface area contributed by atoms with Crippen LogP contribution in [0.3, 0.4) is 0 Å². The number of halogens is 2. The summed E-state index contributed by atoms with van der Waals surface area (Å²) in [4.78, 5) is 28.2. The Hall–Kier alpha value is -2.45. The van der Waals surface area contributed by atoms with E-state index in [9.17, 15) is 18.4 Å². The van der Waals surface area contributed by atoms with E-state index < -0.39 is 5.82 Å². The van der Waals surface area contributed by atoms with E-state index in [-0.39, 0.29) is 24.2 Å². The van der Waals surface area contributed by atoms with Crippen LogP contribution in [0, 0.1) is 11.6 Å². The maximum Gasteiger partial charge on any atom is 0.279 e. The van der Waals surface area contributed by atoms with Crippen molar-refractivity contribution in [2.75, 3.05) is 43.8 Å². The van der Waals surface area contributed by atoms with Crippen molar-refractivity contribution in [2.45, 2.75) is 4.90 Å². The molecule has 0 unspecified atom stereocenters. The summed E-state index contributed by atoms with van der Waals surface area (Å²) in [7, 11) is 0. The molecular weight excluding hydrogens is 384 g/mol. The molecule has 0 atom stereocenters. The number of piperazine rings is 1. The topological polar surface area (TPSA) is 53.9 Å². The van der Waals surface area contributed by atoms with Gasteiger partial charge in [-0.25, -0.2) is 8.78 Å². The first-order valence-corrected chi connectivity index (χ1v) is 10.0. The van der Waals surface area contributed by atoms with Gasteiger partial charge in [-0.15, -0.1) is 11.8 Å². The van der Waals surface area contributed by atoms with Crippen LogP contribution in [0.1, 0.15) is 0 Å². The number of carbonyl (C=O) groups is 2. The number of benzene rings is 2. The Morgan fingerprint density at radius 2 is 1.75 bits per heavy atom. The Morgan fingerprint density at radius 1 is 1.04 bits per heavy atom. The van der Waals surface area contributed by atoms with Crippen molar-refractivity contribution in [3.05, 3.63) is 60.2 Å². The number of rotatable bonds is 6. The van der Waals surface area contributed by atoms with Gasteiger partial charge < -0.3 is 15.1 Å². The predicted octanol–water partition coefficient (Wildman–Crippen LogP) is 1.42. The monoisotopic (exact) mass is 406 g/mol. The zero-order valence-electron chi connectivity index (χ0n) is 15.3. The Balaban J connectivity index is 1.39. The van der Waals surface area contributed by atoms with Crippen molar-refractivity contribution in [1.82, 2.24) is 4.90 Å². The van der Waals surface area contributed by atoms with Gasteiger partial charge in [0.25, 0.3) is 5.91 Å². The van der Waals surface area contributed by atoms with Crippen molar-refractivity contribution in [3.63, 3.8) is 0 Å². The van der Waals surface area contributed by atoms with E-state index in [0.29, 0.717) is 37.6 Å². The second-order valence-electron chi connectivity index (χ2n) is 6.61. The molecule has 2 aromatic carbocycles. The van der Waals surface area contributed by atoms with Crippen molar-refractivity contribution >= 4 is 29.3 Å². The zero-order valence-corrected chi connectivity index (χ0v) is 16.1. The molecule has 28 heavy (non-hydrogen) atoms. The summed E-state index contributed by atoms with van der Waals surface area (Å²) in [6.45, 7) is 2.83. The molecule has 1 aliphatic heterocycles. The molecule has 0 aliphatic carbocycles. The van der Waals surface area contributed by atoms with Crippen molar-refractivity contribution in [1.29, 1.82) is 0 Å². The van der Waals surface area contributed by atoms with Crippen LogP contribution in [0.2, 0.25) is 0 Å². The molecule has 1 heterocycles. The summed E-state index contributed by atoms with van der Waals surface area (Å²) >= 11 is 1.39. The molecule has 0 aromatic heterocycles. The molecule has 1 aliphatic rings. The highest BCUT2D eigenvalue weighted by Crippen LogP contribution is 2.18. The third-order valence-electron chi connectivity index (χ3n) is 4.52. The van der Waals surface area contributed by atoms with E-state index in [1.54, 1.807) is 29.2 Å². The molecule has 1 saturated heterocycles. The van der Waals surface area contributed by atoms with Crippen LogP contribution in [0.5, 0.6) is 0 Å². The van der Waals surface area contributed by atoms with Crippen molar-refractivity contribution in [2.24, 2.45) is 0 Å². The molecule has 1 fully saturated rings. The van der Waals surface area contributed by atoms with Crippen molar-refractivity contribution < 1.29 is 23.3 Å². The van der Waals surface area contributed by atoms with Gasteiger partial charge in [-0.05, 0) is 42.5 Å². The lowest BCUT2D eigenvalue weighted by Gasteiger charge is -2.31. The highest BCUT2D eigenvalue weighted by molar-refractivity contribution is 8.00. The third-order valence-corrected chi connectivity index (χ3v) is 5.51. The van der Waals surface area contributed by atoms with E-state index in [0.717, 1.165) is 9.80 Å². The van der Waals surface area contributed by atoms with Gasteiger partial charge in [0, 0.05) is 10.6 Å². The minimum absolute atomic E-state index is 0.0394. The fourth-order valence-electron chi connectivity index (χ4n) is 3.01. The number of hydrogen-bond donors (Lipinski definition) is 2. The lowest BCUT2D eigenvalue weighted by molar-refractivity contribution is -0.895. The number of anilines is 1. The molecule has 0 spiro atoms. The maximum absolute atomic E-state index is 13.2. The molecule has 0 bridgehead atoms. The predicted molar refractivity (Wildman–Crippen MR) is 104 cm³/mol. The summed E-state index contributed by atoms with van der Waals surface area (Å²) < 4.78 is 26.1. The van der Waals surface area contributed by atoms with Crippen LogP contribution in [-0.2, 0) is 9.59 Å². The number of nitrogens with one attached hydrogen (secondary N) is 2. The molecule has 3 rings (SSSR count). The largest absolute Gasteiger partial charge is 0.331 e. The quantitative estimate of drug-likeness (QED) is 0.714. The first-order chi connectivity index (χ1) is 13.5. The van der Waals surface area contributed by atoms with Gasteiger partial charge in [0.05, 0.1) is 31.9 Å². The highest BCUT2D eigenvalue weighted by Gasteiger charge is 2.25. The fourth-order valence-corrected chi connectivity index (χ4v) is 3.82. The first-order valence-electron chi connectivity index (χ1n) is 9.05. The van der Waals surface area contributed by atoms with E-state index in [1.165, 1.54) is 36.0 Å². The van der Waals surface area contributed by atoms with Gasteiger partial charge in [0.15, 0.2) is 6.54 Å². The summed E-state index contributed by atoms with van der Waals surface area (Å²) in [5, 5.41) is 2.70. The first kappa shape index (κ1) is 20.3. The van der Waals surface area contributed by atoms with E-state index in [4.69, 9.17) is 0 Å². The highest BCUT2D eigenvalue weighted by atomic mass is 32.2. The standard InChI is InChI=1S/C20H21F2N3O2S/c21-15-4-6-18(7-5-15)28-14-20(27)25-10-8-24(9-11-25)13-19(26)23-17-3-1-2-16(22)12-17/h1-7,12H,8-11,13-14H2,(H,23,26)/p+1. The number of nitrogens with zero attached hydrogens (tertiary/aromatic N) is 1. The van der Waals surface area contributed by atoms with Gasteiger partial charge in [0.2, 0.25) is 5.91 Å². The van der Waals surface area contributed by atoms with E-state index in [2.05, 4.69) is 5.32 Å². The number of quaternary nitrogens is 1. The SMILES string of the molecule is O=C(C[NH+]1CCN(C(=O)CSc2ccc(F)cc2)CC1)Nc1cccc(F)c1. The van der Waals surface area contributed by atoms with Crippen LogP contribution in [0.15, 0.2) is 53.4 Å². The summed E-state index contributed by atoms with van der Waals surface area (Å²) in [5.41, 5.74) is 0.441. The molecule has 2 aromatic rings. The van der Waals surface area contributed by atoms with Crippen LogP contribution < -0.4 is 10.2 Å². The van der Waals surface area contributed by atoms with Crippen LogP contribution >= 0.6 is 11.8 Å². The number of carbonyl (C=O) groups excluding carboxylic acids is 2. The second kappa shape index (κ2) is 9.66. The van der Waals surface area contributed by atoms with Gasteiger partial charge in [-0.3, -0.25) is 9.59 Å². The van der Waals surface area contributed by atoms with Crippen LogP contribution in [0.25, 0.3) is 0 Å². The molecule has 2 amide bonds. The molecule has 5 nitrogen and oxygen atoms in total. The Labute approximate surface area is 166 Å². The zero-order chi connectivity index (χ0) is 19.9. The average molecular weight is 406 g/mol. The van der Waals surface area contributed by atoms with E-state index >= 15 is 0 Å². The molecule has 148 valence electrons. The van der Waals surface area contributed by atoms with Gasteiger partial charge in [0.1, 0.15) is 11.6 Å². The van der Waals surface area contributed by atoms with Crippen molar-refractivity contribution in [3.8, 4) is 0 Å². The molecule has 0 radical (unpaired) electrons. The lowest BCUT2D eigenvalue weighted by Crippen LogP contribution is -3.15. The normalized spacial score (nSPS) is 14.7. The summed E-state index contributed by atoms with van der Waals surface area (Å²) in [6.07, 6.45) is 0. The van der Waals surface area contributed by atoms with Gasteiger partial charge in [-0.1, -0.05) is 6.07 Å². The maximum atomic E-state index is 13.2. The fraction of sp³-hybridized carbons (Fsp3) is 0.300. The number of hydrogen-bond acceptors (Lipinski definition) is 3. The van der Waals surface area contributed by atoms with Gasteiger partial charge >= 0.3 is 0 Å². The van der Waals surface area contributed by atoms with Crippen LogP contribution in [-0.4, -0.2) is 55.2 Å². The Bertz CT molecular complexity index is 824. The number of amides is 2. The summed E-state index contributed by atoms with van der Waals surface area (Å²) in [5.74, 6) is -0.516. The number of thioether (sulfide) groups is 1. The molecule has 0 saturated carbocycles. The average Bonchev–Trinajstić information content (AvgIpc) is 2.68.